The Bertz CT molecular complexity index is 453. The molecule has 0 saturated heterocycles. The van der Waals surface area contributed by atoms with Crippen LogP contribution in [0.25, 0.3) is 0 Å². The molecule has 1 fully saturated rings. The van der Waals surface area contributed by atoms with Crippen LogP contribution >= 0.6 is 0 Å². The van der Waals surface area contributed by atoms with Gasteiger partial charge in [-0.1, -0.05) is 31.4 Å². The van der Waals surface area contributed by atoms with Crippen LogP contribution in [-0.4, -0.2) is 29.6 Å². The third kappa shape index (κ3) is 4.05. The molecule has 0 atom stereocenters. The molecule has 0 aromatic heterocycles. The average Bonchev–Trinajstić information content (AvgIpc) is 2.47. The van der Waals surface area contributed by atoms with Crippen LogP contribution in [0.3, 0.4) is 0 Å². The first-order chi connectivity index (χ1) is 9.63. The van der Waals surface area contributed by atoms with E-state index in [9.17, 15) is 9.90 Å². The van der Waals surface area contributed by atoms with Crippen molar-refractivity contribution in [3.05, 3.63) is 29.8 Å². The highest BCUT2D eigenvalue weighted by Crippen LogP contribution is 2.29. The zero-order chi connectivity index (χ0) is 14.4. The predicted molar refractivity (Wildman–Crippen MR) is 78.0 cm³/mol. The summed E-state index contributed by atoms with van der Waals surface area (Å²) in [7, 11) is 0. The average molecular weight is 277 g/mol. The fourth-order valence-corrected chi connectivity index (χ4v) is 2.61. The van der Waals surface area contributed by atoms with E-state index in [0.717, 1.165) is 25.7 Å². The number of carbonyl (C=O) groups excluding carboxylic acids is 1. The molecule has 1 saturated carbocycles. The molecule has 4 heteroatoms. The van der Waals surface area contributed by atoms with E-state index in [1.807, 2.05) is 6.07 Å². The van der Waals surface area contributed by atoms with E-state index in [-0.39, 0.29) is 5.78 Å². The molecular formula is C16H23NO3. The molecule has 0 amide bonds. The molecule has 1 aromatic rings. The van der Waals surface area contributed by atoms with Crippen molar-refractivity contribution < 1.29 is 14.6 Å². The van der Waals surface area contributed by atoms with Crippen molar-refractivity contribution in [1.29, 1.82) is 0 Å². The zero-order valence-corrected chi connectivity index (χ0v) is 11.8. The first kappa shape index (κ1) is 15.0. The predicted octanol–water partition coefficient (Wildman–Crippen LogP) is 2.29. The third-order valence-electron chi connectivity index (χ3n) is 3.82. The van der Waals surface area contributed by atoms with Gasteiger partial charge in [0.2, 0.25) is 0 Å². The minimum atomic E-state index is -0.713. The van der Waals surface area contributed by atoms with Crippen LogP contribution in [0.15, 0.2) is 24.3 Å². The Labute approximate surface area is 119 Å². The molecule has 110 valence electrons. The Morgan fingerprint density at radius 3 is 2.75 bits per heavy atom. The van der Waals surface area contributed by atoms with Crippen LogP contribution in [0.5, 0.6) is 5.75 Å². The molecule has 2 rings (SSSR count). The van der Waals surface area contributed by atoms with Gasteiger partial charge in [0.15, 0.2) is 5.78 Å². The smallest absolute Gasteiger partial charge is 0.164 e. The van der Waals surface area contributed by atoms with Gasteiger partial charge in [0.25, 0.3) is 0 Å². The number of aliphatic hydroxyl groups is 1. The normalized spacial score (nSPS) is 17.7. The van der Waals surface area contributed by atoms with Gasteiger partial charge >= 0.3 is 0 Å². The molecule has 0 radical (unpaired) electrons. The van der Waals surface area contributed by atoms with E-state index in [1.54, 1.807) is 18.2 Å². The van der Waals surface area contributed by atoms with Crippen molar-refractivity contribution in [3.8, 4) is 5.75 Å². The summed E-state index contributed by atoms with van der Waals surface area (Å²) in [5.41, 5.74) is 5.29. The lowest BCUT2D eigenvalue weighted by Gasteiger charge is -2.31. The Hall–Kier alpha value is -1.39. The van der Waals surface area contributed by atoms with Crippen molar-refractivity contribution in [3.63, 3.8) is 0 Å². The summed E-state index contributed by atoms with van der Waals surface area (Å²) in [6.45, 7) is 0.644. The summed E-state index contributed by atoms with van der Waals surface area (Å²) in [6, 6.07) is 7.10. The van der Waals surface area contributed by atoms with Gasteiger partial charge in [0.1, 0.15) is 12.4 Å². The first-order valence-corrected chi connectivity index (χ1v) is 7.31. The highest BCUT2D eigenvalue weighted by Gasteiger charge is 2.29. The Morgan fingerprint density at radius 2 is 2.05 bits per heavy atom. The third-order valence-corrected chi connectivity index (χ3v) is 3.82. The van der Waals surface area contributed by atoms with Crippen molar-refractivity contribution in [1.82, 2.24) is 0 Å². The lowest BCUT2D eigenvalue weighted by Crippen LogP contribution is -2.37. The maximum Gasteiger partial charge on any atom is 0.164 e. The molecular weight excluding hydrogens is 254 g/mol. The van der Waals surface area contributed by atoms with Crippen LogP contribution in [0.1, 0.15) is 48.9 Å². The van der Waals surface area contributed by atoms with E-state index >= 15 is 0 Å². The van der Waals surface area contributed by atoms with Crippen LogP contribution in [-0.2, 0) is 0 Å². The number of rotatable bonds is 6. The Kier molecular flexibility index (Phi) is 5.15. The second-order valence-corrected chi connectivity index (χ2v) is 5.56. The molecule has 0 aliphatic heterocycles. The molecule has 20 heavy (non-hydrogen) atoms. The van der Waals surface area contributed by atoms with E-state index in [2.05, 4.69) is 0 Å². The van der Waals surface area contributed by atoms with Crippen molar-refractivity contribution >= 4 is 5.78 Å². The van der Waals surface area contributed by atoms with Crippen molar-refractivity contribution in [2.24, 2.45) is 5.73 Å². The molecule has 0 spiro atoms. The number of ether oxygens (including phenoxy) is 1. The molecule has 4 nitrogen and oxygen atoms in total. The SMILES string of the molecule is NCCC(=O)c1cccc(OCC2(O)CCCCC2)c1. The maximum atomic E-state index is 11.8. The second-order valence-electron chi connectivity index (χ2n) is 5.56. The maximum absolute atomic E-state index is 11.8. The molecule has 1 aliphatic carbocycles. The minimum Gasteiger partial charge on any atom is -0.491 e. The zero-order valence-electron chi connectivity index (χ0n) is 11.8. The lowest BCUT2D eigenvalue weighted by atomic mass is 9.85. The Morgan fingerprint density at radius 1 is 1.30 bits per heavy atom. The van der Waals surface area contributed by atoms with Gasteiger partial charge in [-0.3, -0.25) is 4.79 Å². The number of benzene rings is 1. The Balaban J connectivity index is 1.95. The molecule has 0 unspecified atom stereocenters. The number of hydrogen-bond donors (Lipinski definition) is 2. The van der Waals surface area contributed by atoms with Crippen LogP contribution in [0, 0.1) is 0 Å². The van der Waals surface area contributed by atoms with E-state index in [1.165, 1.54) is 6.42 Å². The topological polar surface area (TPSA) is 72.6 Å². The number of ketones is 1. The van der Waals surface area contributed by atoms with E-state index in [0.29, 0.717) is 30.9 Å². The van der Waals surface area contributed by atoms with Gasteiger partial charge in [-0.15, -0.1) is 0 Å². The van der Waals surface area contributed by atoms with Crippen LogP contribution < -0.4 is 10.5 Å². The number of carbonyl (C=O) groups is 1. The highest BCUT2D eigenvalue weighted by atomic mass is 16.5. The quantitative estimate of drug-likeness (QED) is 0.783. The van der Waals surface area contributed by atoms with Crippen LogP contribution in [0.4, 0.5) is 0 Å². The van der Waals surface area contributed by atoms with E-state index < -0.39 is 5.60 Å². The summed E-state index contributed by atoms with van der Waals surface area (Å²) in [5.74, 6) is 0.654. The summed E-state index contributed by atoms with van der Waals surface area (Å²) in [5, 5.41) is 10.4. The molecule has 0 bridgehead atoms. The standard InChI is InChI=1S/C16H23NO3/c17-10-7-15(18)13-5-4-6-14(11-13)20-12-16(19)8-2-1-3-9-16/h4-6,11,19H,1-3,7-10,12,17H2. The summed E-state index contributed by atoms with van der Waals surface area (Å²) in [6.07, 6.45) is 5.21. The molecule has 3 N–H and O–H groups in total. The summed E-state index contributed by atoms with van der Waals surface area (Å²) >= 11 is 0. The monoisotopic (exact) mass is 277 g/mol. The first-order valence-electron chi connectivity index (χ1n) is 7.31. The number of Topliss-reactive ketones (excluding diaryl/α,β-unsaturated/α-hetero) is 1. The fourth-order valence-electron chi connectivity index (χ4n) is 2.61. The van der Waals surface area contributed by atoms with Crippen LogP contribution in [0.2, 0.25) is 0 Å². The molecule has 1 aromatic carbocycles. The van der Waals surface area contributed by atoms with Gasteiger partial charge in [-0.25, -0.2) is 0 Å². The minimum absolute atomic E-state index is 0.0225. The number of nitrogens with two attached hydrogens (primary N) is 1. The van der Waals surface area contributed by atoms with Gasteiger partial charge in [-0.2, -0.15) is 0 Å². The number of hydrogen-bond acceptors (Lipinski definition) is 4. The summed E-state index contributed by atoms with van der Waals surface area (Å²) < 4.78 is 5.68. The largest absolute Gasteiger partial charge is 0.491 e. The van der Waals surface area contributed by atoms with Crippen molar-refractivity contribution in [2.75, 3.05) is 13.2 Å². The van der Waals surface area contributed by atoms with Gasteiger partial charge in [0.05, 0.1) is 5.60 Å². The van der Waals surface area contributed by atoms with Gasteiger partial charge in [0, 0.05) is 12.0 Å². The molecule has 0 heterocycles. The summed E-state index contributed by atoms with van der Waals surface area (Å²) in [4.78, 5) is 11.8. The second kappa shape index (κ2) is 6.86. The van der Waals surface area contributed by atoms with Gasteiger partial charge < -0.3 is 15.6 Å². The van der Waals surface area contributed by atoms with Gasteiger partial charge in [-0.05, 0) is 31.5 Å². The fraction of sp³-hybridized carbons (Fsp3) is 0.562. The lowest BCUT2D eigenvalue weighted by molar-refractivity contribution is -0.0339. The highest BCUT2D eigenvalue weighted by molar-refractivity contribution is 5.96. The molecule has 1 aliphatic rings. The van der Waals surface area contributed by atoms with E-state index in [4.69, 9.17) is 10.5 Å². The van der Waals surface area contributed by atoms with Crippen molar-refractivity contribution in [2.45, 2.75) is 44.1 Å².